The Morgan fingerprint density at radius 2 is 2.29 bits per heavy atom. The van der Waals surface area contributed by atoms with Gasteiger partial charge in [0.2, 0.25) is 0 Å². The Morgan fingerprint density at radius 1 is 1.52 bits per heavy atom. The molecule has 1 unspecified atom stereocenters. The lowest BCUT2D eigenvalue weighted by Gasteiger charge is -2.34. The summed E-state index contributed by atoms with van der Waals surface area (Å²) >= 11 is 0. The fourth-order valence-electron chi connectivity index (χ4n) is 2.75. The molecule has 21 heavy (non-hydrogen) atoms. The number of benzene rings is 1. The minimum atomic E-state index is -0.508. The van der Waals surface area contributed by atoms with E-state index >= 15 is 0 Å². The zero-order chi connectivity index (χ0) is 15.5. The second-order valence-corrected chi connectivity index (χ2v) is 6.00. The molecule has 1 atom stereocenters. The number of hydrogen-bond acceptors (Lipinski definition) is 4. The van der Waals surface area contributed by atoms with Gasteiger partial charge in [-0.25, -0.2) is 0 Å². The van der Waals surface area contributed by atoms with Crippen molar-refractivity contribution in [2.24, 2.45) is 5.41 Å². The third-order valence-electron chi connectivity index (χ3n) is 4.04. The number of nitro groups is 1. The van der Waals surface area contributed by atoms with Crippen LogP contribution in [0.2, 0.25) is 0 Å². The summed E-state index contributed by atoms with van der Waals surface area (Å²) in [6.45, 7) is 6.21. The lowest BCUT2D eigenvalue weighted by Crippen LogP contribution is -2.45. The molecule has 1 aromatic carbocycles. The average Bonchev–Trinajstić information content (AvgIpc) is 2.45. The fraction of sp³-hybridized carbons (Fsp3) is 0.533. The van der Waals surface area contributed by atoms with Crippen LogP contribution in [0.4, 0.5) is 5.69 Å². The van der Waals surface area contributed by atoms with Gasteiger partial charge < -0.3 is 10.6 Å². The van der Waals surface area contributed by atoms with E-state index in [9.17, 15) is 14.9 Å². The number of hydrogen-bond donors (Lipinski definition) is 2. The highest BCUT2D eigenvalue weighted by Crippen LogP contribution is 2.25. The normalized spacial score (nSPS) is 21.8. The van der Waals surface area contributed by atoms with E-state index in [2.05, 4.69) is 17.6 Å². The number of piperidine rings is 1. The van der Waals surface area contributed by atoms with E-state index in [4.69, 9.17) is 0 Å². The van der Waals surface area contributed by atoms with Crippen LogP contribution in [0.1, 0.15) is 35.7 Å². The van der Waals surface area contributed by atoms with E-state index in [1.165, 1.54) is 6.07 Å². The minimum absolute atomic E-state index is 0.00533. The molecule has 1 aromatic rings. The van der Waals surface area contributed by atoms with Crippen LogP contribution in [0, 0.1) is 22.5 Å². The molecule has 1 heterocycles. The van der Waals surface area contributed by atoms with E-state index in [1.54, 1.807) is 19.1 Å². The standard InChI is InChI=1S/C15H21N3O3/c1-11-5-3-6-12(18(20)21)13(11)14(19)17-10-15(2)7-4-8-16-9-15/h3,5-6,16H,4,7-10H2,1-2H3,(H,17,19). The van der Waals surface area contributed by atoms with Crippen molar-refractivity contribution in [2.45, 2.75) is 26.7 Å². The smallest absolute Gasteiger partial charge is 0.282 e. The van der Waals surface area contributed by atoms with Crippen LogP contribution in [0.15, 0.2) is 18.2 Å². The first kappa shape index (κ1) is 15.4. The molecule has 0 aliphatic carbocycles. The number of nitro benzene ring substituents is 1. The number of nitrogens with one attached hydrogen (secondary N) is 2. The first-order valence-corrected chi connectivity index (χ1v) is 7.16. The van der Waals surface area contributed by atoms with Crippen LogP contribution in [0.3, 0.4) is 0 Å². The molecule has 2 N–H and O–H groups in total. The Balaban J connectivity index is 2.12. The van der Waals surface area contributed by atoms with Crippen molar-refractivity contribution in [1.82, 2.24) is 10.6 Å². The number of rotatable bonds is 4. The van der Waals surface area contributed by atoms with Gasteiger partial charge in [-0.05, 0) is 37.3 Å². The van der Waals surface area contributed by atoms with Crippen LogP contribution < -0.4 is 10.6 Å². The highest BCUT2D eigenvalue weighted by molar-refractivity contribution is 5.99. The summed E-state index contributed by atoms with van der Waals surface area (Å²) in [5, 5.41) is 17.2. The maximum Gasteiger partial charge on any atom is 0.282 e. The SMILES string of the molecule is Cc1cccc([N+](=O)[O-])c1C(=O)NCC1(C)CCCNC1. The molecule has 0 aromatic heterocycles. The Bertz CT molecular complexity index is 551. The predicted octanol–water partition coefficient (Wildman–Crippen LogP) is 2.02. The lowest BCUT2D eigenvalue weighted by atomic mass is 9.82. The molecule has 1 aliphatic heterocycles. The van der Waals surface area contributed by atoms with Gasteiger partial charge in [0.15, 0.2) is 0 Å². The van der Waals surface area contributed by atoms with Crippen molar-refractivity contribution < 1.29 is 9.72 Å². The molecule has 114 valence electrons. The van der Waals surface area contributed by atoms with Crippen LogP contribution in [-0.4, -0.2) is 30.5 Å². The molecule has 0 bridgehead atoms. The largest absolute Gasteiger partial charge is 0.351 e. The van der Waals surface area contributed by atoms with Gasteiger partial charge in [0.1, 0.15) is 5.56 Å². The summed E-state index contributed by atoms with van der Waals surface area (Å²) in [5.41, 5.74) is 0.647. The van der Waals surface area contributed by atoms with Crippen molar-refractivity contribution in [3.8, 4) is 0 Å². The highest BCUT2D eigenvalue weighted by atomic mass is 16.6. The summed E-state index contributed by atoms with van der Waals surface area (Å²) < 4.78 is 0. The predicted molar refractivity (Wildman–Crippen MR) is 80.4 cm³/mol. The van der Waals surface area contributed by atoms with Crippen LogP contribution >= 0.6 is 0 Å². The molecule has 0 saturated carbocycles. The second kappa shape index (κ2) is 6.22. The summed E-state index contributed by atoms with van der Waals surface area (Å²) in [6.07, 6.45) is 2.12. The Kier molecular flexibility index (Phi) is 4.57. The number of carbonyl (C=O) groups is 1. The van der Waals surface area contributed by atoms with E-state index in [0.29, 0.717) is 12.1 Å². The van der Waals surface area contributed by atoms with Crippen LogP contribution in [-0.2, 0) is 0 Å². The fourth-order valence-corrected chi connectivity index (χ4v) is 2.75. The maximum atomic E-state index is 12.3. The van der Waals surface area contributed by atoms with Crippen molar-refractivity contribution >= 4 is 11.6 Å². The number of aryl methyl sites for hydroxylation is 1. The molecule has 0 radical (unpaired) electrons. The molecule has 6 heteroatoms. The summed E-state index contributed by atoms with van der Waals surface area (Å²) in [7, 11) is 0. The maximum absolute atomic E-state index is 12.3. The van der Waals surface area contributed by atoms with Crippen LogP contribution in [0.25, 0.3) is 0 Å². The first-order valence-electron chi connectivity index (χ1n) is 7.16. The molecule has 1 aliphatic rings. The van der Waals surface area contributed by atoms with Crippen LogP contribution in [0.5, 0.6) is 0 Å². The zero-order valence-corrected chi connectivity index (χ0v) is 12.4. The van der Waals surface area contributed by atoms with Gasteiger partial charge in [-0.3, -0.25) is 14.9 Å². The van der Waals surface area contributed by atoms with Gasteiger partial charge in [0.25, 0.3) is 11.6 Å². The first-order chi connectivity index (χ1) is 9.93. The zero-order valence-electron chi connectivity index (χ0n) is 12.4. The Labute approximate surface area is 124 Å². The molecule has 1 saturated heterocycles. The summed E-state index contributed by atoms with van der Waals surface area (Å²) in [4.78, 5) is 22.9. The Hall–Kier alpha value is -1.95. The van der Waals surface area contributed by atoms with Crippen molar-refractivity contribution in [3.63, 3.8) is 0 Å². The third-order valence-corrected chi connectivity index (χ3v) is 4.04. The lowest BCUT2D eigenvalue weighted by molar-refractivity contribution is -0.385. The molecule has 1 fully saturated rings. The monoisotopic (exact) mass is 291 g/mol. The molecule has 6 nitrogen and oxygen atoms in total. The third kappa shape index (κ3) is 3.58. The van der Waals surface area contributed by atoms with E-state index in [0.717, 1.165) is 25.9 Å². The molecular weight excluding hydrogens is 270 g/mol. The summed E-state index contributed by atoms with van der Waals surface area (Å²) in [6, 6.07) is 4.67. The van der Waals surface area contributed by atoms with Crippen molar-refractivity contribution in [3.05, 3.63) is 39.4 Å². The molecule has 1 amide bonds. The topological polar surface area (TPSA) is 84.3 Å². The number of nitrogens with zero attached hydrogens (tertiary/aromatic N) is 1. The van der Waals surface area contributed by atoms with Gasteiger partial charge >= 0.3 is 0 Å². The minimum Gasteiger partial charge on any atom is -0.351 e. The molecular formula is C15H21N3O3. The highest BCUT2D eigenvalue weighted by Gasteiger charge is 2.29. The van der Waals surface area contributed by atoms with E-state index in [1.807, 2.05) is 0 Å². The van der Waals surface area contributed by atoms with E-state index in [-0.39, 0.29) is 22.6 Å². The van der Waals surface area contributed by atoms with Gasteiger partial charge in [-0.2, -0.15) is 0 Å². The van der Waals surface area contributed by atoms with Gasteiger partial charge in [0, 0.05) is 19.2 Å². The van der Waals surface area contributed by atoms with Crippen molar-refractivity contribution in [1.29, 1.82) is 0 Å². The summed E-state index contributed by atoms with van der Waals surface area (Å²) in [5.74, 6) is -0.369. The number of carbonyl (C=O) groups excluding carboxylic acids is 1. The van der Waals surface area contributed by atoms with Gasteiger partial charge in [-0.15, -0.1) is 0 Å². The quantitative estimate of drug-likeness (QED) is 0.656. The van der Waals surface area contributed by atoms with Gasteiger partial charge in [-0.1, -0.05) is 19.1 Å². The second-order valence-electron chi connectivity index (χ2n) is 6.00. The Morgan fingerprint density at radius 3 is 2.90 bits per heavy atom. The van der Waals surface area contributed by atoms with Crippen molar-refractivity contribution in [2.75, 3.05) is 19.6 Å². The van der Waals surface area contributed by atoms with Gasteiger partial charge in [0.05, 0.1) is 4.92 Å². The number of amides is 1. The molecule has 2 rings (SSSR count). The van der Waals surface area contributed by atoms with E-state index < -0.39 is 4.92 Å². The average molecular weight is 291 g/mol. The molecule has 0 spiro atoms.